The third-order valence-electron chi connectivity index (χ3n) is 4.23. The smallest absolute Gasteiger partial charge is 0.430 e. The van der Waals surface area contributed by atoms with Gasteiger partial charge in [0, 0.05) is 33.0 Å². The Morgan fingerprint density at radius 1 is 1.33 bits per heavy atom. The molecule has 21 heavy (non-hydrogen) atoms. The van der Waals surface area contributed by atoms with E-state index < -0.39 is 11.8 Å². The molecule has 0 bridgehead atoms. The van der Waals surface area contributed by atoms with Gasteiger partial charge in [0.2, 0.25) is 0 Å². The molecule has 0 amide bonds. The average Bonchev–Trinajstić information content (AvgIpc) is 3.10. The largest absolute Gasteiger partial charge is 0.509 e. The topological polar surface area (TPSA) is 69.5 Å². The molecule has 0 N–H and O–H groups in total. The molecule has 112 valence electrons. The van der Waals surface area contributed by atoms with Gasteiger partial charge in [-0.15, -0.1) is 0 Å². The molecule has 4 rings (SSSR count). The van der Waals surface area contributed by atoms with Crippen LogP contribution in [0.1, 0.15) is 18.5 Å². The molecule has 0 aromatic carbocycles. The van der Waals surface area contributed by atoms with Crippen molar-refractivity contribution in [3.05, 3.63) is 5.69 Å². The van der Waals surface area contributed by atoms with Crippen LogP contribution in [0.3, 0.4) is 0 Å². The van der Waals surface area contributed by atoms with Crippen molar-refractivity contribution in [1.29, 1.82) is 0 Å². The number of hydrogen-bond acceptors (Lipinski definition) is 7. The van der Waals surface area contributed by atoms with E-state index in [0.29, 0.717) is 6.61 Å². The summed E-state index contributed by atoms with van der Waals surface area (Å²) in [5, 5.41) is 5.39. The normalized spacial score (nSPS) is 21.0. The van der Waals surface area contributed by atoms with E-state index in [9.17, 15) is 4.79 Å². The Kier molecular flexibility index (Phi) is 2.66. The first-order chi connectivity index (χ1) is 10.1. The van der Waals surface area contributed by atoms with Crippen molar-refractivity contribution < 1.29 is 14.3 Å². The quantitative estimate of drug-likeness (QED) is 0.749. The fourth-order valence-electron chi connectivity index (χ4n) is 2.99. The van der Waals surface area contributed by atoms with Gasteiger partial charge in [0.15, 0.2) is 16.4 Å². The fourth-order valence-corrected chi connectivity index (χ4v) is 4.07. The maximum Gasteiger partial charge on any atom is 0.509 e. The summed E-state index contributed by atoms with van der Waals surface area (Å²) in [7, 11) is 1.92. The summed E-state index contributed by atoms with van der Waals surface area (Å²) in [5.74, 6) is 0. The molecule has 8 heteroatoms. The van der Waals surface area contributed by atoms with E-state index in [1.54, 1.807) is 11.3 Å². The highest BCUT2D eigenvalue weighted by Crippen LogP contribution is 2.36. The van der Waals surface area contributed by atoms with Crippen molar-refractivity contribution in [1.82, 2.24) is 14.8 Å². The number of carbonyl (C=O) groups is 1. The predicted octanol–water partition coefficient (Wildman–Crippen LogP) is 1.84. The summed E-state index contributed by atoms with van der Waals surface area (Å²) in [6, 6.07) is 0. The third kappa shape index (κ3) is 1.97. The van der Waals surface area contributed by atoms with E-state index >= 15 is 0 Å². The summed E-state index contributed by atoms with van der Waals surface area (Å²) in [4.78, 5) is 18.1. The Balaban J connectivity index is 1.55. The Bertz CT molecular complexity index is 680. The number of aryl methyl sites for hydroxylation is 2. The molecule has 2 aromatic rings. The lowest BCUT2D eigenvalue weighted by Crippen LogP contribution is -2.46. The Labute approximate surface area is 125 Å². The molecule has 0 radical (unpaired) electrons. The van der Waals surface area contributed by atoms with E-state index in [-0.39, 0.29) is 0 Å². The minimum atomic E-state index is -0.537. The van der Waals surface area contributed by atoms with E-state index in [4.69, 9.17) is 14.5 Å². The highest BCUT2D eigenvalue weighted by atomic mass is 32.1. The second-order valence-corrected chi connectivity index (χ2v) is 6.65. The van der Waals surface area contributed by atoms with Crippen molar-refractivity contribution in [3.63, 3.8) is 0 Å². The molecule has 2 aliphatic heterocycles. The highest BCUT2D eigenvalue weighted by Gasteiger charge is 2.45. The van der Waals surface area contributed by atoms with Gasteiger partial charge in [0.25, 0.3) is 0 Å². The number of thiazole rings is 1. The van der Waals surface area contributed by atoms with Crippen molar-refractivity contribution >= 4 is 33.0 Å². The second kappa shape index (κ2) is 4.33. The summed E-state index contributed by atoms with van der Waals surface area (Å²) < 4.78 is 13.3. The van der Waals surface area contributed by atoms with Gasteiger partial charge in [0.1, 0.15) is 6.61 Å². The Hall–Kier alpha value is -1.83. The lowest BCUT2D eigenvalue weighted by Gasteiger charge is -2.36. The molecule has 2 aliphatic rings. The Morgan fingerprint density at radius 2 is 2.10 bits per heavy atom. The van der Waals surface area contributed by atoms with Crippen LogP contribution < -0.4 is 4.90 Å². The van der Waals surface area contributed by atoms with Crippen molar-refractivity contribution in [3.8, 4) is 0 Å². The molecule has 0 aliphatic carbocycles. The predicted molar refractivity (Wildman–Crippen MR) is 77.7 cm³/mol. The van der Waals surface area contributed by atoms with Crippen molar-refractivity contribution in [2.45, 2.75) is 25.4 Å². The minimum Gasteiger partial charge on any atom is -0.430 e. The Morgan fingerprint density at radius 3 is 2.71 bits per heavy atom. The van der Waals surface area contributed by atoms with Gasteiger partial charge in [-0.1, -0.05) is 11.3 Å². The molecule has 2 aromatic heterocycles. The van der Waals surface area contributed by atoms with Crippen LogP contribution in [0.2, 0.25) is 0 Å². The number of rotatable bonds is 1. The van der Waals surface area contributed by atoms with Crippen molar-refractivity contribution in [2.75, 3.05) is 24.6 Å². The van der Waals surface area contributed by atoms with Gasteiger partial charge in [-0.25, -0.2) is 14.5 Å². The summed E-state index contributed by atoms with van der Waals surface area (Å²) >= 11 is 1.68. The number of piperidine rings is 1. The number of hydrogen-bond donors (Lipinski definition) is 0. The molecule has 0 unspecified atom stereocenters. The maximum atomic E-state index is 11.1. The fraction of sp³-hybridized carbons (Fsp3) is 0.615. The first-order valence-corrected chi connectivity index (χ1v) is 7.79. The molecule has 4 heterocycles. The molecule has 1 spiro atoms. The van der Waals surface area contributed by atoms with Gasteiger partial charge >= 0.3 is 6.16 Å². The number of ether oxygens (including phenoxy) is 2. The lowest BCUT2D eigenvalue weighted by atomic mass is 9.93. The van der Waals surface area contributed by atoms with Crippen LogP contribution in [0.25, 0.3) is 10.3 Å². The first kappa shape index (κ1) is 12.9. The maximum absolute atomic E-state index is 11.1. The molecular formula is C13H16N4O3S. The van der Waals surface area contributed by atoms with Gasteiger partial charge in [-0.3, -0.25) is 0 Å². The molecular weight excluding hydrogens is 292 g/mol. The van der Waals surface area contributed by atoms with Gasteiger partial charge in [-0.05, 0) is 6.92 Å². The average molecular weight is 308 g/mol. The number of nitrogens with zero attached hydrogens (tertiary/aromatic N) is 4. The van der Waals surface area contributed by atoms with E-state index in [1.807, 2.05) is 18.7 Å². The number of carbonyl (C=O) groups excluding carboxylic acids is 1. The van der Waals surface area contributed by atoms with Crippen LogP contribution in [-0.4, -0.2) is 46.2 Å². The number of cyclic esters (lactones) is 1. The zero-order valence-electron chi connectivity index (χ0n) is 12.0. The van der Waals surface area contributed by atoms with Gasteiger partial charge in [-0.2, -0.15) is 5.10 Å². The first-order valence-electron chi connectivity index (χ1n) is 6.97. The minimum absolute atomic E-state index is 0.378. The van der Waals surface area contributed by atoms with E-state index in [0.717, 1.165) is 47.1 Å². The molecule has 0 atom stereocenters. The summed E-state index contributed by atoms with van der Waals surface area (Å²) in [6.07, 6.45) is 1.03. The van der Waals surface area contributed by atoms with Crippen LogP contribution in [-0.2, 0) is 16.5 Å². The number of fused-ring (bicyclic) bond motifs is 1. The van der Waals surface area contributed by atoms with Crippen LogP contribution in [0.15, 0.2) is 0 Å². The summed E-state index contributed by atoms with van der Waals surface area (Å²) in [5.41, 5.74) is 1.54. The number of aromatic nitrogens is 3. The van der Waals surface area contributed by atoms with Gasteiger partial charge < -0.3 is 14.4 Å². The molecule has 0 saturated carbocycles. The van der Waals surface area contributed by atoms with Crippen molar-refractivity contribution in [2.24, 2.45) is 7.05 Å². The second-order valence-electron chi connectivity index (χ2n) is 5.67. The molecule has 7 nitrogen and oxygen atoms in total. The lowest BCUT2D eigenvalue weighted by molar-refractivity contribution is 0.0367. The van der Waals surface area contributed by atoms with Crippen LogP contribution in [0.4, 0.5) is 9.93 Å². The summed E-state index contributed by atoms with van der Waals surface area (Å²) in [6.45, 7) is 4.03. The third-order valence-corrected chi connectivity index (χ3v) is 5.45. The standard InChI is InChI=1S/C13H16N4O3S/c1-8-9-10(16(2)15-8)14-11(21-9)17-5-3-13(4-6-17)7-19-12(18)20-13/h3-7H2,1-2H3. The van der Waals surface area contributed by atoms with Crippen LogP contribution >= 0.6 is 11.3 Å². The van der Waals surface area contributed by atoms with E-state index in [1.165, 1.54) is 0 Å². The molecule has 2 saturated heterocycles. The molecule has 2 fully saturated rings. The van der Waals surface area contributed by atoms with Gasteiger partial charge in [0.05, 0.1) is 10.4 Å². The van der Waals surface area contributed by atoms with Crippen LogP contribution in [0, 0.1) is 6.92 Å². The monoisotopic (exact) mass is 308 g/mol. The number of anilines is 1. The van der Waals surface area contributed by atoms with Crippen LogP contribution in [0.5, 0.6) is 0 Å². The zero-order valence-corrected chi connectivity index (χ0v) is 12.8. The van der Waals surface area contributed by atoms with E-state index in [2.05, 4.69) is 10.00 Å². The SMILES string of the molecule is Cc1nn(C)c2nc(N3CCC4(CC3)COC(=O)O4)sc12. The highest BCUT2D eigenvalue weighted by molar-refractivity contribution is 7.22. The zero-order chi connectivity index (χ0) is 14.6.